The largest absolute Gasteiger partial charge is 0.573 e. The summed E-state index contributed by atoms with van der Waals surface area (Å²) in [5.41, 5.74) is 1.38. The molecule has 2 aromatic rings. The van der Waals surface area contributed by atoms with Crippen LogP contribution in [0.15, 0.2) is 48.5 Å². The van der Waals surface area contributed by atoms with Crippen LogP contribution in [-0.4, -0.2) is 33.0 Å². The highest BCUT2D eigenvalue weighted by atomic mass is 32.2. The predicted molar refractivity (Wildman–Crippen MR) is 104 cm³/mol. The molecule has 0 fully saturated rings. The molecule has 6 nitrogen and oxygen atoms in total. The highest BCUT2D eigenvalue weighted by Gasteiger charge is 2.32. The average Bonchev–Trinajstić information content (AvgIpc) is 2.58. The van der Waals surface area contributed by atoms with Gasteiger partial charge in [-0.15, -0.1) is 13.2 Å². The molecule has 1 atom stereocenters. The molecule has 2 aromatic carbocycles. The zero-order valence-electron chi connectivity index (χ0n) is 16.0. The number of alkyl halides is 3. The Labute approximate surface area is 167 Å². The number of benzene rings is 2. The second-order valence-corrected chi connectivity index (χ2v) is 8.24. The molecule has 1 N–H and O–H groups in total. The van der Waals surface area contributed by atoms with Crippen LogP contribution < -0.4 is 14.4 Å². The molecule has 0 heterocycles. The maximum Gasteiger partial charge on any atom is 0.573 e. The van der Waals surface area contributed by atoms with Gasteiger partial charge in [0.25, 0.3) is 0 Å². The molecule has 29 heavy (non-hydrogen) atoms. The Morgan fingerprint density at radius 3 is 2.28 bits per heavy atom. The number of nitrogens with one attached hydrogen (secondary N) is 1. The maximum atomic E-state index is 12.8. The van der Waals surface area contributed by atoms with Crippen LogP contribution in [0.25, 0.3) is 0 Å². The summed E-state index contributed by atoms with van der Waals surface area (Å²) in [5, 5.41) is 2.54. The molecule has 0 aliphatic rings. The van der Waals surface area contributed by atoms with E-state index in [9.17, 15) is 26.4 Å². The van der Waals surface area contributed by atoms with Crippen LogP contribution in [0, 0.1) is 6.92 Å². The molecule has 0 saturated carbocycles. The molecule has 0 bridgehead atoms. The average molecular weight is 430 g/mol. The Balaban J connectivity index is 2.26. The standard InChI is InChI=1S/C19H21F3N2O4S/c1-4-17(24(29(3,26)27)15-7-5-6-13(2)12-15)18(25)23-14-8-10-16(11-9-14)28-19(20,21)22/h5-12,17H,4H2,1-3H3,(H,23,25)/t17-/m0/s1. The minimum absolute atomic E-state index is 0.183. The van der Waals surface area contributed by atoms with Gasteiger partial charge in [0, 0.05) is 5.69 Å². The van der Waals surface area contributed by atoms with Crippen molar-refractivity contribution < 1.29 is 31.1 Å². The lowest BCUT2D eigenvalue weighted by Crippen LogP contribution is -2.47. The van der Waals surface area contributed by atoms with Gasteiger partial charge in [-0.25, -0.2) is 8.42 Å². The molecule has 2 rings (SSSR count). The second kappa shape index (κ2) is 8.73. The van der Waals surface area contributed by atoms with E-state index in [-0.39, 0.29) is 12.1 Å². The van der Waals surface area contributed by atoms with E-state index in [4.69, 9.17) is 0 Å². The van der Waals surface area contributed by atoms with Crippen molar-refractivity contribution in [3.8, 4) is 5.75 Å². The number of hydrogen-bond donors (Lipinski definition) is 1. The third-order valence-electron chi connectivity index (χ3n) is 3.94. The zero-order valence-corrected chi connectivity index (χ0v) is 16.8. The van der Waals surface area contributed by atoms with E-state index >= 15 is 0 Å². The van der Waals surface area contributed by atoms with Gasteiger partial charge < -0.3 is 10.1 Å². The van der Waals surface area contributed by atoms with Gasteiger partial charge in [0.1, 0.15) is 11.8 Å². The van der Waals surface area contributed by atoms with E-state index in [0.29, 0.717) is 5.69 Å². The molecule has 0 radical (unpaired) electrons. The number of anilines is 2. The number of hydrogen-bond acceptors (Lipinski definition) is 4. The van der Waals surface area contributed by atoms with Gasteiger partial charge >= 0.3 is 6.36 Å². The van der Waals surface area contributed by atoms with Crippen LogP contribution in [0.1, 0.15) is 18.9 Å². The molecule has 0 spiro atoms. The quantitative estimate of drug-likeness (QED) is 0.718. The van der Waals surface area contributed by atoms with E-state index in [1.54, 1.807) is 38.1 Å². The number of carbonyl (C=O) groups excluding carboxylic acids is 1. The highest BCUT2D eigenvalue weighted by molar-refractivity contribution is 7.92. The normalized spacial score (nSPS) is 12.9. The van der Waals surface area contributed by atoms with Gasteiger partial charge in [-0.2, -0.15) is 0 Å². The fourth-order valence-corrected chi connectivity index (χ4v) is 3.99. The molecule has 10 heteroatoms. The first-order valence-corrected chi connectivity index (χ1v) is 10.5. The zero-order chi connectivity index (χ0) is 21.8. The molecule has 158 valence electrons. The molecule has 0 unspecified atom stereocenters. The van der Waals surface area contributed by atoms with Gasteiger partial charge in [0.15, 0.2) is 0 Å². The van der Waals surface area contributed by atoms with Crippen LogP contribution in [0.4, 0.5) is 24.5 Å². The lowest BCUT2D eigenvalue weighted by atomic mass is 10.1. The summed E-state index contributed by atoms with van der Waals surface area (Å²) < 4.78 is 66.3. The first-order valence-electron chi connectivity index (χ1n) is 8.63. The number of rotatable bonds is 7. The maximum absolute atomic E-state index is 12.8. The number of carbonyl (C=O) groups is 1. The van der Waals surface area contributed by atoms with Crippen molar-refractivity contribution in [3.63, 3.8) is 0 Å². The minimum Gasteiger partial charge on any atom is -0.406 e. The summed E-state index contributed by atoms with van der Waals surface area (Å²) in [7, 11) is -3.78. The van der Waals surface area contributed by atoms with Crippen LogP contribution >= 0.6 is 0 Å². The van der Waals surface area contributed by atoms with Crippen molar-refractivity contribution in [2.45, 2.75) is 32.7 Å². The SMILES string of the molecule is CC[C@@H](C(=O)Nc1ccc(OC(F)(F)F)cc1)N(c1cccc(C)c1)S(C)(=O)=O. The molecule has 0 aromatic heterocycles. The second-order valence-electron chi connectivity index (χ2n) is 6.38. The lowest BCUT2D eigenvalue weighted by Gasteiger charge is -2.30. The lowest BCUT2D eigenvalue weighted by molar-refractivity contribution is -0.274. The molecule has 0 saturated heterocycles. The number of amides is 1. The topological polar surface area (TPSA) is 75.7 Å². The number of sulfonamides is 1. The number of aryl methyl sites for hydroxylation is 1. The molecule has 1 amide bonds. The number of halogens is 3. The molecular weight excluding hydrogens is 409 g/mol. The van der Waals surface area contributed by atoms with Crippen molar-refractivity contribution in [1.29, 1.82) is 0 Å². The van der Waals surface area contributed by atoms with Crippen molar-refractivity contribution >= 4 is 27.3 Å². The summed E-state index contributed by atoms with van der Waals surface area (Å²) in [6.45, 7) is 3.47. The third kappa shape index (κ3) is 6.38. The van der Waals surface area contributed by atoms with E-state index in [2.05, 4.69) is 10.1 Å². The number of ether oxygens (including phenoxy) is 1. The summed E-state index contributed by atoms with van der Waals surface area (Å²) in [5.74, 6) is -1.04. The molecule has 0 aliphatic carbocycles. The summed E-state index contributed by atoms with van der Waals surface area (Å²) in [4.78, 5) is 12.8. The molecule has 0 aliphatic heterocycles. The van der Waals surface area contributed by atoms with E-state index in [1.165, 1.54) is 12.1 Å². The van der Waals surface area contributed by atoms with Gasteiger partial charge in [-0.1, -0.05) is 19.1 Å². The fraction of sp³-hybridized carbons (Fsp3) is 0.316. The Morgan fingerprint density at radius 1 is 1.17 bits per heavy atom. The highest BCUT2D eigenvalue weighted by Crippen LogP contribution is 2.26. The van der Waals surface area contributed by atoms with E-state index < -0.39 is 34.1 Å². The van der Waals surface area contributed by atoms with Crippen molar-refractivity contribution in [2.24, 2.45) is 0 Å². The Hall–Kier alpha value is -2.75. The Bertz CT molecular complexity index is 960. The summed E-state index contributed by atoms with van der Waals surface area (Å²) in [6, 6.07) is 10.3. The predicted octanol–water partition coefficient (Wildman–Crippen LogP) is 4.08. The van der Waals surface area contributed by atoms with Crippen LogP contribution in [0.5, 0.6) is 5.75 Å². The Kier molecular flexibility index (Phi) is 6.78. The van der Waals surface area contributed by atoms with Crippen LogP contribution in [0.3, 0.4) is 0 Å². The number of nitrogens with zero attached hydrogens (tertiary/aromatic N) is 1. The smallest absolute Gasteiger partial charge is 0.406 e. The summed E-state index contributed by atoms with van der Waals surface area (Å²) in [6.07, 6.45) is -3.63. The van der Waals surface area contributed by atoms with Crippen LogP contribution in [-0.2, 0) is 14.8 Å². The summed E-state index contributed by atoms with van der Waals surface area (Å²) >= 11 is 0. The monoisotopic (exact) mass is 430 g/mol. The van der Waals surface area contributed by atoms with Gasteiger partial charge in [-0.05, 0) is 55.3 Å². The third-order valence-corrected chi connectivity index (χ3v) is 5.12. The van der Waals surface area contributed by atoms with E-state index in [1.807, 2.05) is 0 Å². The van der Waals surface area contributed by atoms with E-state index in [0.717, 1.165) is 28.3 Å². The van der Waals surface area contributed by atoms with Crippen molar-refractivity contribution in [3.05, 3.63) is 54.1 Å². The van der Waals surface area contributed by atoms with Gasteiger partial charge in [0.2, 0.25) is 15.9 Å². The van der Waals surface area contributed by atoms with Crippen molar-refractivity contribution in [2.75, 3.05) is 15.9 Å². The van der Waals surface area contributed by atoms with Gasteiger partial charge in [0.05, 0.1) is 11.9 Å². The molecular formula is C19H21F3N2O4S. The van der Waals surface area contributed by atoms with Gasteiger partial charge in [-0.3, -0.25) is 9.10 Å². The van der Waals surface area contributed by atoms with Crippen LogP contribution in [0.2, 0.25) is 0 Å². The Morgan fingerprint density at radius 2 is 1.79 bits per heavy atom. The van der Waals surface area contributed by atoms with Crippen molar-refractivity contribution in [1.82, 2.24) is 0 Å². The first kappa shape index (κ1) is 22.5. The fourth-order valence-electron chi connectivity index (χ4n) is 2.79. The minimum atomic E-state index is -4.82. The first-order chi connectivity index (χ1) is 13.4.